The highest BCUT2D eigenvalue weighted by molar-refractivity contribution is 7.89. The Bertz CT molecular complexity index is 1080. The van der Waals surface area contributed by atoms with Crippen molar-refractivity contribution in [1.82, 2.24) is 14.1 Å². The van der Waals surface area contributed by atoms with Crippen molar-refractivity contribution in [2.45, 2.75) is 18.4 Å². The molecule has 0 unspecified atom stereocenters. The Morgan fingerprint density at radius 3 is 2.35 bits per heavy atom. The summed E-state index contributed by atoms with van der Waals surface area (Å²) < 4.78 is 41.4. The second-order valence-electron chi connectivity index (χ2n) is 7.30. The summed E-state index contributed by atoms with van der Waals surface area (Å²) >= 11 is 6.04. The first-order valence-corrected chi connectivity index (χ1v) is 11.5. The predicted octanol–water partition coefficient (Wildman–Crippen LogP) is 2.60. The first-order valence-electron chi connectivity index (χ1n) is 9.65. The van der Waals surface area contributed by atoms with Crippen molar-refractivity contribution in [2.24, 2.45) is 0 Å². The van der Waals surface area contributed by atoms with E-state index in [2.05, 4.69) is 0 Å². The van der Waals surface area contributed by atoms with Gasteiger partial charge in [0.1, 0.15) is 5.82 Å². The van der Waals surface area contributed by atoms with Gasteiger partial charge in [-0.15, -0.1) is 0 Å². The molecular weight excluding hydrogens is 445 g/mol. The van der Waals surface area contributed by atoms with Crippen molar-refractivity contribution in [3.63, 3.8) is 0 Å². The molecule has 10 heteroatoms. The van der Waals surface area contributed by atoms with Crippen LogP contribution >= 0.6 is 11.6 Å². The summed E-state index contributed by atoms with van der Waals surface area (Å²) in [5.74, 6) is -1.08. The van der Waals surface area contributed by atoms with E-state index in [-0.39, 0.29) is 46.6 Å². The van der Waals surface area contributed by atoms with Crippen molar-refractivity contribution in [3.8, 4) is 0 Å². The second-order valence-corrected chi connectivity index (χ2v) is 9.64. The standard InChI is InChI=1S/C21H23ClFN3O4S/c1-15(27)25-9-11-26(12-10-25)31(29,30)17-6-3-5-16(13-17)21(28)24(2)14-18-19(22)7-4-8-20(18)23/h3-8,13H,9-12,14H2,1-2H3. The number of piperazine rings is 1. The lowest BCUT2D eigenvalue weighted by Crippen LogP contribution is -2.49. The molecule has 1 saturated heterocycles. The Labute approximate surface area is 186 Å². The van der Waals surface area contributed by atoms with Gasteiger partial charge in [0.15, 0.2) is 0 Å². The third-order valence-corrected chi connectivity index (χ3v) is 7.46. The van der Waals surface area contributed by atoms with Gasteiger partial charge < -0.3 is 9.80 Å². The molecule has 0 bridgehead atoms. The van der Waals surface area contributed by atoms with Gasteiger partial charge in [-0.05, 0) is 30.3 Å². The van der Waals surface area contributed by atoms with E-state index in [0.29, 0.717) is 13.1 Å². The summed E-state index contributed by atoms with van der Waals surface area (Å²) in [7, 11) is -2.33. The summed E-state index contributed by atoms with van der Waals surface area (Å²) in [6.45, 7) is 2.40. The Morgan fingerprint density at radius 1 is 1.10 bits per heavy atom. The lowest BCUT2D eigenvalue weighted by molar-refractivity contribution is -0.129. The predicted molar refractivity (Wildman–Crippen MR) is 115 cm³/mol. The van der Waals surface area contributed by atoms with Gasteiger partial charge in [-0.25, -0.2) is 12.8 Å². The molecule has 2 aromatic rings. The number of carbonyl (C=O) groups is 2. The zero-order valence-corrected chi connectivity index (χ0v) is 18.8. The molecular formula is C21H23ClFN3O4S. The molecule has 2 amide bonds. The minimum absolute atomic E-state index is 0.00745. The molecule has 0 aromatic heterocycles. The maximum Gasteiger partial charge on any atom is 0.253 e. The van der Waals surface area contributed by atoms with Gasteiger partial charge in [-0.1, -0.05) is 23.7 Å². The average Bonchev–Trinajstić information content (AvgIpc) is 2.76. The molecule has 0 radical (unpaired) electrons. The van der Waals surface area contributed by atoms with Crippen LogP contribution in [0.3, 0.4) is 0 Å². The van der Waals surface area contributed by atoms with Crippen LogP contribution in [0.2, 0.25) is 5.02 Å². The zero-order valence-electron chi connectivity index (χ0n) is 17.2. The average molecular weight is 468 g/mol. The molecule has 3 rings (SSSR count). The Kier molecular flexibility index (Phi) is 6.98. The van der Waals surface area contributed by atoms with E-state index in [1.165, 1.54) is 65.6 Å². The van der Waals surface area contributed by atoms with Gasteiger partial charge in [0, 0.05) is 62.8 Å². The SMILES string of the molecule is CC(=O)N1CCN(S(=O)(=O)c2cccc(C(=O)N(C)Cc3c(F)cccc3Cl)c2)CC1. The van der Waals surface area contributed by atoms with Crippen molar-refractivity contribution in [3.05, 3.63) is 64.4 Å². The largest absolute Gasteiger partial charge is 0.340 e. The fourth-order valence-electron chi connectivity index (χ4n) is 3.39. The van der Waals surface area contributed by atoms with Crippen LogP contribution < -0.4 is 0 Å². The summed E-state index contributed by atoms with van der Waals surface area (Å²) in [5.41, 5.74) is 0.352. The molecule has 0 spiro atoms. The van der Waals surface area contributed by atoms with Crippen LogP contribution in [0.5, 0.6) is 0 Å². The van der Waals surface area contributed by atoms with Crippen LogP contribution in [-0.4, -0.2) is 67.6 Å². The lowest BCUT2D eigenvalue weighted by atomic mass is 10.1. The Morgan fingerprint density at radius 2 is 1.74 bits per heavy atom. The number of amides is 2. The number of rotatable bonds is 5. The van der Waals surface area contributed by atoms with Crippen molar-refractivity contribution < 1.29 is 22.4 Å². The molecule has 0 atom stereocenters. The van der Waals surface area contributed by atoms with Crippen LogP contribution in [0, 0.1) is 5.82 Å². The van der Waals surface area contributed by atoms with Gasteiger partial charge in [-0.3, -0.25) is 9.59 Å². The molecule has 31 heavy (non-hydrogen) atoms. The molecule has 7 nitrogen and oxygen atoms in total. The maximum absolute atomic E-state index is 14.0. The lowest BCUT2D eigenvalue weighted by Gasteiger charge is -2.33. The van der Waals surface area contributed by atoms with E-state index in [1.807, 2.05) is 0 Å². The van der Waals surface area contributed by atoms with Crippen LogP contribution in [0.1, 0.15) is 22.8 Å². The van der Waals surface area contributed by atoms with Crippen molar-refractivity contribution >= 4 is 33.4 Å². The first kappa shape index (κ1) is 23.2. The molecule has 1 fully saturated rings. The molecule has 2 aromatic carbocycles. The van der Waals surface area contributed by atoms with Crippen LogP contribution in [0.25, 0.3) is 0 Å². The van der Waals surface area contributed by atoms with Crippen LogP contribution in [-0.2, 0) is 21.4 Å². The third kappa shape index (κ3) is 5.06. The number of nitrogens with zero attached hydrogens (tertiary/aromatic N) is 3. The maximum atomic E-state index is 14.0. The van der Waals surface area contributed by atoms with E-state index < -0.39 is 21.7 Å². The van der Waals surface area contributed by atoms with Crippen LogP contribution in [0.4, 0.5) is 4.39 Å². The minimum atomic E-state index is -3.82. The minimum Gasteiger partial charge on any atom is -0.340 e. The summed E-state index contributed by atoms with van der Waals surface area (Å²) in [4.78, 5) is 27.2. The van der Waals surface area contributed by atoms with E-state index in [9.17, 15) is 22.4 Å². The first-order chi connectivity index (χ1) is 14.6. The number of benzene rings is 2. The highest BCUT2D eigenvalue weighted by Gasteiger charge is 2.30. The molecule has 1 aliphatic heterocycles. The van der Waals surface area contributed by atoms with Gasteiger partial charge in [0.25, 0.3) is 5.91 Å². The summed E-state index contributed by atoms with van der Waals surface area (Å²) in [6.07, 6.45) is 0. The Balaban J connectivity index is 1.77. The Hall–Kier alpha value is -2.49. The topological polar surface area (TPSA) is 78.0 Å². The molecule has 1 aliphatic rings. The number of halogens is 2. The van der Waals surface area contributed by atoms with E-state index in [4.69, 9.17) is 11.6 Å². The quantitative estimate of drug-likeness (QED) is 0.677. The number of hydrogen-bond donors (Lipinski definition) is 0. The molecule has 0 aliphatic carbocycles. The summed E-state index contributed by atoms with van der Waals surface area (Å²) in [5, 5.41) is 0.209. The molecule has 0 saturated carbocycles. The molecule has 166 valence electrons. The number of sulfonamides is 1. The van der Waals surface area contributed by atoms with E-state index in [1.54, 1.807) is 4.90 Å². The zero-order chi connectivity index (χ0) is 22.8. The highest BCUT2D eigenvalue weighted by Crippen LogP contribution is 2.23. The summed E-state index contributed by atoms with van der Waals surface area (Å²) in [6, 6.07) is 10.0. The smallest absolute Gasteiger partial charge is 0.253 e. The molecule has 0 N–H and O–H groups in total. The fraction of sp³-hybridized carbons (Fsp3) is 0.333. The van der Waals surface area contributed by atoms with Crippen LogP contribution in [0.15, 0.2) is 47.4 Å². The van der Waals surface area contributed by atoms with Crippen molar-refractivity contribution in [2.75, 3.05) is 33.2 Å². The van der Waals surface area contributed by atoms with Crippen molar-refractivity contribution in [1.29, 1.82) is 0 Å². The number of carbonyl (C=O) groups excluding carboxylic acids is 2. The normalized spacial score (nSPS) is 15.0. The second kappa shape index (κ2) is 9.33. The van der Waals surface area contributed by atoms with Gasteiger partial charge in [0.05, 0.1) is 4.90 Å². The molecule has 1 heterocycles. The number of hydrogen-bond acceptors (Lipinski definition) is 4. The van der Waals surface area contributed by atoms with Gasteiger partial charge in [0.2, 0.25) is 15.9 Å². The fourth-order valence-corrected chi connectivity index (χ4v) is 5.09. The monoisotopic (exact) mass is 467 g/mol. The van der Waals surface area contributed by atoms with E-state index >= 15 is 0 Å². The highest BCUT2D eigenvalue weighted by atomic mass is 35.5. The van der Waals surface area contributed by atoms with Gasteiger partial charge >= 0.3 is 0 Å². The van der Waals surface area contributed by atoms with Gasteiger partial charge in [-0.2, -0.15) is 4.31 Å². The third-order valence-electron chi connectivity index (χ3n) is 5.21. The van der Waals surface area contributed by atoms with E-state index in [0.717, 1.165) is 0 Å².